The number of benzene rings is 2. The second-order valence-corrected chi connectivity index (χ2v) is 7.53. The van der Waals surface area contributed by atoms with Crippen LogP contribution in [0.4, 0.5) is 0 Å². The minimum Gasteiger partial charge on any atom is -0.494 e. The van der Waals surface area contributed by atoms with Gasteiger partial charge in [0.25, 0.3) is 0 Å². The van der Waals surface area contributed by atoms with Gasteiger partial charge in [0, 0.05) is 4.47 Å². The maximum atomic E-state index is 11.3. The molecule has 0 aromatic heterocycles. The molecule has 1 fully saturated rings. The Balaban J connectivity index is 1.93. The van der Waals surface area contributed by atoms with E-state index < -0.39 is 5.97 Å². The highest BCUT2D eigenvalue weighted by Gasteiger charge is 2.30. The van der Waals surface area contributed by atoms with Crippen molar-refractivity contribution in [1.29, 1.82) is 0 Å². The van der Waals surface area contributed by atoms with Gasteiger partial charge in [0.1, 0.15) is 5.75 Å². The predicted molar refractivity (Wildman–Crippen MR) is 106 cm³/mol. The third kappa shape index (κ3) is 4.46. The number of rotatable bonds is 6. The predicted octanol–water partition coefficient (Wildman–Crippen LogP) is 4.73. The average molecular weight is 418 g/mol. The van der Waals surface area contributed by atoms with Gasteiger partial charge in [-0.25, -0.2) is 0 Å². The highest BCUT2D eigenvalue weighted by molar-refractivity contribution is 9.10. The fourth-order valence-electron chi connectivity index (χ4n) is 3.64. The maximum Gasteiger partial charge on any atom is 0.306 e. The van der Waals surface area contributed by atoms with Crippen LogP contribution in [0, 0.1) is 5.92 Å². The largest absolute Gasteiger partial charge is 0.494 e. The number of aliphatic carboxylic acids is 1. The molecule has 0 saturated carbocycles. The molecule has 2 aromatic rings. The number of hydrogen-bond donors (Lipinski definition) is 1. The van der Waals surface area contributed by atoms with Crippen LogP contribution in [-0.2, 0) is 4.79 Å². The van der Waals surface area contributed by atoms with Gasteiger partial charge in [-0.2, -0.15) is 0 Å². The van der Waals surface area contributed by atoms with E-state index in [0.29, 0.717) is 19.4 Å². The van der Waals surface area contributed by atoms with Crippen LogP contribution in [0.3, 0.4) is 0 Å². The van der Waals surface area contributed by atoms with Crippen molar-refractivity contribution in [2.24, 2.45) is 5.92 Å². The van der Waals surface area contributed by atoms with Crippen molar-refractivity contribution in [3.05, 3.63) is 64.1 Å². The number of nitrogens with zero attached hydrogens (tertiary/aromatic N) is 1. The van der Waals surface area contributed by atoms with Gasteiger partial charge in [-0.05, 0) is 68.2 Å². The Hall–Kier alpha value is -1.85. The lowest BCUT2D eigenvalue weighted by Crippen LogP contribution is -2.39. The lowest BCUT2D eigenvalue weighted by molar-refractivity contribution is -0.143. The van der Waals surface area contributed by atoms with Gasteiger partial charge < -0.3 is 9.84 Å². The highest BCUT2D eigenvalue weighted by atomic mass is 79.9. The fraction of sp³-hybridized carbons (Fsp3) is 0.381. The van der Waals surface area contributed by atoms with Gasteiger partial charge >= 0.3 is 5.97 Å². The molecule has 26 heavy (non-hydrogen) atoms. The monoisotopic (exact) mass is 417 g/mol. The van der Waals surface area contributed by atoms with Crippen molar-refractivity contribution < 1.29 is 14.6 Å². The Morgan fingerprint density at radius 1 is 1.19 bits per heavy atom. The smallest absolute Gasteiger partial charge is 0.306 e. The highest BCUT2D eigenvalue weighted by Crippen LogP contribution is 2.34. The molecule has 0 amide bonds. The fourth-order valence-corrected chi connectivity index (χ4v) is 4.05. The van der Waals surface area contributed by atoms with Gasteiger partial charge in [-0.1, -0.05) is 40.2 Å². The van der Waals surface area contributed by atoms with E-state index in [0.717, 1.165) is 23.3 Å². The first-order chi connectivity index (χ1) is 12.6. The Labute approximate surface area is 162 Å². The van der Waals surface area contributed by atoms with Gasteiger partial charge in [-0.15, -0.1) is 0 Å². The van der Waals surface area contributed by atoms with Crippen molar-refractivity contribution in [2.45, 2.75) is 25.8 Å². The zero-order valence-electron chi connectivity index (χ0n) is 14.9. The van der Waals surface area contributed by atoms with Gasteiger partial charge in [0.15, 0.2) is 0 Å². The van der Waals surface area contributed by atoms with Crippen molar-refractivity contribution in [3.8, 4) is 5.75 Å². The summed E-state index contributed by atoms with van der Waals surface area (Å²) in [6.45, 7) is 4.16. The van der Waals surface area contributed by atoms with E-state index in [1.807, 2.05) is 31.2 Å². The molecule has 0 aliphatic carbocycles. The van der Waals surface area contributed by atoms with Crippen molar-refractivity contribution in [1.82, 2.24) is 4.90 Å². The summed E-state index contributed by atoms with van der Waals surface area (Å²) < 4.78 is 6.73. The molecule has 2 aromatic carbocycles. The van der Waals surface area contributed by atoms with Crippen molar-refractivity contribution >= 4 is 21.9 Å². The van der Waals surface area contributed by atoms with Gasteiger partial charge in [0.05, 0.1) is 18.6 Å². The minimum absolute atomic E-state index is 0.0858. The molecule has 138 valence electrons. The molecule has 4 nitrogen and oxygen atoms in total. The molecule has 1 heterocycles. The summed E-state index contributed by atoms with van der Waals surface area (Å²) in [5.41, 5.74) is 2.37. The number of carboxylic acid groups (broad SMARTS) is 1. The quantitative estimate of drug-likeness (QED) is 0.737. The van der Waals surface area contributed by atoms with Crippen LogP contribution in [0.15, 0.2) is 53.0 Å². The lowest BCUT2D eigenvalue weighted by Gasteiger charge is -2.37. The van der Waals surface area contributed by atoms with Crippen LogP contribution in [0.25, 0.3) is 0 Å². The van der Waals surface area contributed by atoms with E-state index in [4.69, 9.17) is 4.74 Å². The first kappa shape index (κ1) is 18.9. The third-order valence-corrected chi connectivity index (χ3v) is 5.39. The summed E-state index contributed by atoms with van der Waals surface area (Å²) in [5.74, 6) is -0.0448. The molecule has 0 radical (unpaired) electrons. The van der Waals surface area contributed by atoms with E-state index in [9.17, 15) is 9.90 Å². The summed E-state index contributed by atoms with van der Waals surface area (Å²) in [4.78, 5) is 13.7. The zero-order valence-corrected chi connectivity index (χ0v) is 16.5. The number of halogens is 1. The Kier molecular flexibility index (Phi) is 6.33. The maximum absolute atomic E-state index is 11.3. The molecular weight excluding hydrogens is 394 g/mol. The Bertz CT molecular complexity index is 756. The standard InChI is InChI=1S/C21H24BrNO3/c1-2-26-19-8-4-6-17(14-19)20(16-5-3-7-18(22)13-16)23-11-9-15(10-12-23)21(24)25/h3-8,13-15,20H,2,9-12H2,1H3,(H,24,25)/t20-/m0/s1. The lowest BCUT2D eigenvalue weighted by atomic mass is 9.91. The Morgan fingerprint density at radius 3 is 2.46 bits per heavy atom. The van der Waals surface area contributed by atoms with Crippen LogP contribution in [-0.4, -0.2) is 35.7 Å². The number of piperidine rings is 1. The van der Waals surface area contributed by atoms with Crippen molar-refractivity contribution in [2.75, 3.05) is 19.7 Å². The molecule has 0 unspecified atom stereocenters. The molecule has 0 spiro atoms. The van der Waals surface area contributed by atoms with E-state index >= 15 is 0 Å². The summed E-state index contributed by atoms with van der Waals surface area (Å²) in [7, 11) is 0. The molecule has 3 rings (SSSR count). The SMILES string of the molecule is CCOc1cccc([C@H](c2cccc(Br)c2)N2CCC(C(=O)O)CC2)c1. The van der Waals surface area contributed by atoms with E-state index in [1.54, 1.807) is 0 Å². The second kappa shape index (κ2) is 8.69. The molecule has 1 aliphatic heterocycles. The average Bonchev–Trinajstić information content (AvgIpc) is 2.63. The van der Waals surface area contributed by atoms with Crippen LogP contribution in [0.2, 0.25) is 0 Å². The zero-order chi connectivity index (χ0) is 18.5. The molecule has 0 bridgehead atoms. The number of carboxylic acids is 1. The number of hydrogen-bond acceptors (Lipinski definition) is 3. The molecule has 1 aliphatic rings. The second-order valence-electron chi connectivity index (χ2n) is 6.61. The molecule has 5 heteroatoms. The molecule has 1 N–H and O–H groups in total. The Morgan fingerprint density at radius 2 is 1.85 bits per heavy atom. The van der Waals surface area contributed by atoms with E-state index in [2.05, 4.69) is 45.1 Å². The van der Waals surface area contributed by atoms with Crippen LogP contribution in [0.1, 0.15) is 36.9 Å². The molecule has 1 atom stereocenters. The molecule has 1 saturated heterocycles. The van der Waals surface area contributed by atoms with Crippen LogP contribution < -0.4 is 4.74 Å². The van der Waals surface area contributed by atoms with Crippen LogP contribution >= 0.6 is 15.9 Å². The molecular formula is C21H24BrNO3. The summed E-state index contributed by atoms with van der Waals surface area (Å²) in [6, 6.07) is 16.6. The minimum atomic E-state index is -0.679. The summed E-state index contributed by atoms with van der Waals surface area (Å²) >= 11 is 3.57. The van der Waals surface area contributed by atoms with Gasteiger partial charge in [0.2, 0.25) is 0 Å². The summed E-state index contributed by atoms with van der Waals surface area (Å²) in [6.07, 6.45) is 1.37. The first-order valence-electron chi connectivity index (χ1n) is 9.03. The third-order valence-electron chi connectivity index (χ3n) is 4.89. The number of ether oxygens (including phenoxy) is 1. The van der Waals surface area contributed by atoms with Crippen molar-refractivity contribution in [3.63, 3.8) is 0 Å². The van der Waals surface area contributed by atoms with E-state index in [1.165, 1.54) is 11.1 Å². The van der Waals surface area contributed by atoms with E-state index in [-0.39, 0.29) is 12.0 Å². The topological polar surface area (TPSA) is 49.8 Å². The number of carbonyl (C=O) groups is 1. The van der Waals surface area contributed by atoms with Crippen LogP contribution in [0.5, 0.6) is 5.75 Å². The normalized spacial score (nSPS) is 17.0. The number of likely N-dealkylation sites (tertiary alicyclic amines) is 1. The van der Waals surface area contributed by atoms with Gasteiger partial charge in [-0.3, -0.25) is 9.69 Å². The first-order valence-corrected chi connectivity index (χ1v) is 9.83. The summed E-state index contributed by atoms with van der Waals surface area (Å²) in [5, 5.41) is 9.29.